The second kappa shape index (κ2) is 12.6. The Hall–Kier alpha value is -3.55. The van der Waals surface area contributed by atoms with Crippen LogP contribution in [0.2, 0.25) is 0 Å². The lowest BCUT2D eigenvalue weighted by atomic mass is 9.73. The van der Waals surface area contributed by atoms with Crippen molar-refractivity contribution in [3.8, 4) is 11.5 Å². The highest BCUT2D eigenvalue weighted by molar-refractivity contribution is 6.01. The summed E-state index contributed by atoms with van der Waals surface area (Å²) in [7, 11) is 1.26. The number of rotatable bonds is 11. The van der Waals surface area contributed by atoms with Crippen molar-refractivity contribution < 1.29 is 24.5 Å². The zero-order chi connectivity index (χ0) is 27.1. The van der Waals surface area contributed by atoms with E-state index in [4.69, 9.17) is 4.74 Å². The van der Waals surface area contributed by atoms with Crippen molar-refractivity contribution in [2.24, 2.45) is 5.92 Å². The van der Waals surface area contributed by atoms with E-state index >= 15 is 0 Å². The second-order valence-corrected chi connectivity index (χ2v) is 10.0. The van der Waals surface area contributed by atoms with Gasteiger partial charge < -0.3 is 25.3 Å². The number of phenolic OH excluding ortho intramolecular Hbond substituents is 2. The highest BCUT2D eigenvalue weighted by Crippen LogP contribution is 2.48. The fourth-order valence-electron chi connectivity index (χ4n) is 5.16. The van der Waals surface area contributed by atoms with Crippen LogP contribution in [-0.2, 0) is 22.4 Å². The number of nitrogens with one attached hydrogen (secondary N) is 2. The van der Waals surface area contributed by atoms with Crippen molar-refractivity contribution in [1.29, 1.82) is 0 Å². The molecule has 0 saturated heterocycles. The Morgan fingerprint density at radius 2 is 2.08 bits per heavy atom. The number of esters is 1. The van der Waals surface area contributed by atoms with Crippen molar-refractivity contribution in [2.75, 3.05) is 7.11 Å². The number of hydrogen-bond donors (Lipinski definition) is 4. The molecule has 3 rings (SSSR count). The minimum absolute atomic E-state index is 0.0190. The molecule has 0 spiro atoms. The van der Waals surface area contributed by atoms with E-state index in [0.717, 1.165) is 43.3 Å². The molecule has 8 heteroatoms. The highest BCUT2D eigenvalue weighted by atomic mass is 16.5. The average Bonchev–Trinajstić information content (AvgIpc) is 3.36. The Balaban J connectivity index is 2.07. The number of hydrogen-bond acceptors (Lipinski definition) is 6. The van der Waals surface area contributed by atoms with Crippen LogP contribution in [0.1, 0.15) is 86.0 Å². The summed E-state index contributed by atoms with van der Waals surface area (Å²) in [6, 6.07) is 0.604. The van der Waals surface area contributed by atoms with Crippen LogP contribution in [0.15, 0.2) is 42.4 Å². The maximum absolute atomic E-state index is 13.7. The number of allylic oxidation sites excluding steroid dienone is 3. The molecule has 1 heterocycles. The van der Waals surface area contributed by atoms with Gasteiger partial charge in [-0.1, -0.05) is 43.6 Å². The molecule has 0 bridgehead atoms. The molecule has 0 radical (unpaired) electrons. The number of aromatic amines is 1. The lowest BCUT2D eigenvalue weighted by Gasteiger charge is -2.32. The standard InChI is InChI=1S/C29H39N3O5/c1-6-7-8-9-19-13-24(33)26(22-12-18(4)10-11-21(22)17(2)3)27(34)25(19)28(35)32-23(29(36)37-5)14-20-15-30-16-31-20/h12-13,15-16,21-23,33-34H,2,6-11,14H2,1,3-5H3,(H,30,31)(H,32,35)/t21?,22?,23-/m0/s1. The molecule has 0 fully saturated rings. The van der Waals surface area contributed by atoms with Gasteiger partial charge in [-0.05, 0) is 57.1 Å². The molecule has 1 aromatic carbocycles. The minimum atomic E-state index is -0.988. The summed E-state index contributed by atoms with van der Waals surface area (Å²) < 4.78 is 4.92. The van der Waals surface area contributed by atoms with Gasteiger partial charge in [-0.2, -0.15) is 0 Å². The second-order valence-electron chi connectivity index (χ2n) is 10.0. The molecular weight excluding hydrogens is 470 g/mol. The summed E-state index contributed by atoms with van der Waals surface area (Å²) in [6.45, 7) is 10.2. The molecule has 2 aromatic rings. The van der Waals surface area contributed by atoms with E-state index < -0.39 is 17.9 Å². The maximum Gasteiger partial charge on any atom is 0.328 e. The molecule has 1 amide bonds. The molecule has 200 valence electrons. The number of imidazole rings is 1. The van der Waals surface area contributed by atoms with E-state index in [2.05, 4.69) is 28.8 Å². The number of phenols is 2. The molecule has 4 N–H and O–H groups in total. The first-order valence-electron chi connectivity index (χ1n) is 12.9. The Morgan fingerprint density at radius 1 is 1.32 bits per heavy atom. The number of aromatic nitrogens is 2. The molecule has 0 saturated carbocycles. The number of carbonyl (C=O) groups is 2. The molecule has 37 heavy (non-hydrogen) atoms. The van der Waals surface area contributed by atoms with Gasteiger partial charge in [-0.3, -0.25) is 4.79 Å². The highest BCUT2D eigenvalue weighted by Gasteiger charge is 2.34. The number of H-pyrrole nitrogens is 1. The van der Waals surface area contributed by atoms with Crippen LogP contribution in [0.25, 0.3) is 0 Å². The third kappa shape index (κ3) is 6.61. The summed E-state index contributed by atoms with van der Waals surface area (Å²) in [5.41, 5.74) is 3.71. The number of methoxy groups -OCH3 is 1. The van der Waals surface area contributed by atoms with Gasteiger partial charge >= 0.3 is 5.97 Å². The van der Waals surface area contributed by atoms with E-state index in [1.807, 2.05) is 19.9 Å². The first kappa shape index (κ1) is 28.0. The van der Waals surface area contributed by atoms with Crippen LogP contribution in [-0.4, -0.2) is 45.2 Å². The van der Waals surface area contributed by atoms with Crippen molar-refractivity contribution in [1.82, 2.24) is 15.3 Å². The smallest absolute Gasteiger partial charge is 0.328 e. The quantitative estimate of drug-likeness (QED) is 0.190. The van der Waals surface area contributed by atoms with Crippen LogP contribution in [0.5, 0.6) is 11.5 Å². The van der Waals surface area contributed by atoms with E-state index in [1.54, 1.807) is 12.3 Å². The van der Waals surface area contributed by atoms with Crippen LogP contribution >= 0.6 is 0 Å². The Bertz CT molecular complexity index is 1150. The lowest BCUT2D eigenvalue weighted by Crippen LogP contribution is -2.43. The van der Waals surface area contributed by atoms with E-state index in [9.17, 15) is 19.8 Å². The summed E-state index contributed by atoms with van der Waals surface area (Å²) in [5.74, 6) is -1.79. The number of carbonyl (C=O) groups excluding carboxylic acids is 2. The zero-order valence-electron chi connectivity index (χ0n) is 22.3. The van der Waals surface area contributed by atoms with Gasteiger partial charge in [0.2, 0.25) is 0 Å². The van der Waals surface area contributed by atoms with E-state index in [0.29, 0.717) is 23.2 Å². The van der Waals surface area contributed by atoms with Crippen LogP contribution in [0, 0.1) is 5.92 Å². The number of nitrogens with zero attached hydrogens (tertiary/aromatic N) is 1. The van der Waals surface area contributed by atoms with Gasteiger partial charge in [0.25, 0.3) is 5.91 Å². The van der Waals surface area contributed by atoms with E-state index in [-0.39, 0.29) is 35.3 Å². The third-order valence-corrected chi connectivity index (χ3v) is 7.16. The Kier molecular flexibility index (Phi) is 9.55. The Morgan fingerprint density at radius 3 is 2.70 bits per heavy atom. The van der Waals surface area contributed by atoms with Gasteiger partial charge in [-0.25, -0.2) is 9.78 Å². The predicted octanol–water partition coefficient (Wildman–Crippen LogP) is 5.08. The van der Waals surface area contributed by atoms with Crippen molar-refractivity contribution in [3.05, 3.63) is 64.8 Å². The number of aromatic hydroxyl groups is 2. The molecular formula is C29H39N3O5. The SMILES string of the molecule is C=C(C)C1CCC(C)=CC1c1c(O)cc(CCCCC)c(C(=O)N[C@@H](Cc2cnc[nH]2)C(=O)OC)c1O. The predicted molar refractivity (Wildman–Crippen MR) is 143 cm³/mol. The molecule has 1 aliphatic carbocycles. The van der Waals surface area contributed by atoms with Gasteiger partial charge in [0.1, 0.15) is 17.5 Å². The number of unbranched alkanes of at least 4 members (excludes halogenated alkanes) is 2. The minimum Gasteiger partial charge on any atom is -0.507 e. The fraction of sp³-hybridized carbons (Fsp3) is 0.483. The number of amides is 1. The molecule has 1 aromatic heterocycles. The topological polar surface area (TPSA) is 125 Å². The van der Waals surface area contributed by atoms with Gasteiger partial charge in [0, 0.05) is 29.8 Å². The summed E-state index contributed by atoms with van der Waals surface area (Å²) in [6.07, 6.45) is 10.2. The third-order valence-electron chi connectivity index (χ3n) is 7.16. The number of aryl methyl sites for hydroxylation is 1. The van der Waals surface area contributed by atoms with Gasteiger partial charge in [0.15, 0.2) is 0 Å². The van der Waals surface area contributed by atoms with Crippen LogP contribution < -0.4 is 5.32 Å². The summed E-state index contributed by atoms with van der Waals surface area (Å²) in [4.78, 5) is 33.1. The Labute approximate surface area is 218 Å². The molecule has 1 aliphatic rings. The molecule has 0 aliphatic heterocycles. The molecule has 2 unspecified atom stereocenters. The first-order valence-corrected chi connectivity index (χ1v) is 12.9. The normalized spacial score (nSPS) is 18.1. The van der Waals surface area contributed by atoms with Crippen LogP contribution in [0.4, 0.5) is 0 Å². The lowest BCUT2D eigenvalue weighted by molar-refractivity contribution is -0.142. The van der Waals surface area contributed by atoms with Gasteiger partial charge in [0.05, 0.1) is 19.0 Å². The maximum atomic E-state index is 13.7. The van der Waals surface area contributed by atoms with Crippen molar-refractivity contribution >= 4 is 11.9 Å². The average molecular weight is 510 g/mol. The fourth-order valence-corrected chi connectivity index (χ4v) is 5.16. The number of ether oxygens (including phenoxy) is 1. The van der Waals surface area contributed by atoms with Crippen molar-refractivity contribution in [2.45, 2.75) is 77.7 Å². The first-order chi connectivity index (χ1) is 17.7. The van der Waals surface area contributed by atoms with Gasteiger partial charge in [-0.15, -0.1) is 0 Å². The van der Waals surface area contributed by atoms with Crippen LogP contribution in [0.3, 0.4) is 0 Å². The monoisotopic (exact) mass is 509 g/mol. The van der Waals surface area contributed by atoms with E-state index in [1.165, 1.54) is 13.4 Å². The summed E-state index contributed by atoms with van der Waals surface area (Å²) in [5, 5.41) is 25.4. The molecule has 3 atom stereocenters. The molecule has 8 nitrogen and oxygen atoms in total. The number of benzene rings is 1. The largest absolute Gasteiger partial charge is 0.507 e. The zero-order valence-corrected chi connectivity index (χ0v) is 22.3. The van der Waals surface area contributed by atoms with Crippen molar-refractivity contribution in [3.63, 3.8) is 0 Å². The summed E-state index contributed by atoms with van der Waals surface area (Å²) >= 11 is 0.